The molecule has 2 heterocycles. The second-order valence-electron chi connectivity index (χ2n) is 13.5. The maximum atomic E-state index is 14.7. The molecule has 2 amide bonds. The van der Waals surface area contributed by atoms with Crippen molar-refractivity contribution in [1.29, 1.82) is 0 Å². The van der Waals surface area contributed by atoms with Gasteiger partial charge in [-0.05, 0) is 81.7 Å². The first kappa shape index (κ1) is 32.0. The van der Waals surface area contributed by atoms with Crippen molar-refractivity contribution in [3.8, 4) is 16.9 Å². The number of carboxylic acid groups (broad SMARTS) is 1. The van der Waals surface area contributed by atoms with Crippen LogP contribution in [-0.2, 0) is 11.3 Å². The van der Waals surface area contributed by atoms with E-state index in [0.717, 1.165) is 35.7 Å². The van der Waals surface area contributed by atoms with E-state index in [0.29, 0.717) is 80.4 Å². The van der Waals surface area contributed by atoms with Crippen LogP contribution in [0.3, 0.4) is 0 Å². The van der Waals surface area contributed by atoms with Crippen LogP contribution in [0.25, 0.3) is 22.2 Å². The minimum atomic E-state index is -1.24. The molecular formula is C33H45FN4O5Si. The zero-order valence-corrected chi connectivity index (χ0v) is 27.2. The normalized spacial score (nSPS) is 18.8. The van der Waals surface area contributed by atoms with Gasteiger partial charge in [-0.3, -0.25) is 9.78 Å². The van der Waals surface area contributed by atoms with Crippen LogP contribution in [0, 0.1) is 18.7 Å². The number of nitrogens with one attached hydrogen (secondary N) is 2. The number of rotatable bonds is 13. The number of ether oxygens (including phenoxy) is 2. The lowest BCUT2D eigenvalue weighted by Crippen LogP contribution is -2.43. The summed E-state index contributed by atoms with van der Waals surface area (Å²) in [6, 6.07) is 7.36. The molecule has 2 aromatic heterocycles. The molecule has 2 saturated carbocycles. The Morgan fingerprint density at radius 2 is 1.73 bits per heavy atom. The van der Waals surface area contributed by atoms with Crippen LogP contribution in [0.1, 0.15) is 54.6 Å². The Balaban J connectivity index is 1.47. The van der Waals surface area contributed by atoms with Gasteiger partial charge >= 0.3 is 6.09 Å². The van der Waals surface area contributed by atoms with Crippen LogP contribution in [0.2, 0.25) is 25.7 Å². The number of benzene rings is 1. The molecule has 2 fully saturated rings. The molecular weight excluding hydrogens is 579 g/mol. The molecule has 0 saturated heterocycles. The first-order valence-electron chi connectivity index (χ1n) is 15.8. The second kappa shape index (κ2) is 13.7. The molecule has 0 radical (unpaired) electrons. The van der Waals surface area contributed by atoms with E-state index in [9.17, 15) is 14.0 Å². The molecule has 0 bridgehead atoms. The maximum Gasteiger partial charge on any atom is 0.404 e. The summed E-state index contributed by atoms with van der Waals surface area (Å²) in [6.07, 6.45) is 5.63. The predicted molar refractivity (Wildman–Crippen MR) is 172 cm³/mol. The molecule has 0 spiro atoms. The number of halogens is 1. The van der Waals surface area contributed by atoms with E-state index in [1.54, 1.807) is 12.3 Å². The van der Waals surface area contributed by atoms with Crippen LogP contribution in [-0.4, -0.2) is 66.6 Å². The quantitative estimate of drug-likeness (QED) is 0.146. The average molecular weight is 625 g/mol. The summed E-state index contributed by atoms with van der Waals surface area (Å²) in [6.45, 7) is 11.1. The molecule has 3 aromatic rings. The average Bonchev–Trinajstić information content (AvgIpc) is 3.74. The molecule has 0 atom stereocenters. The Hall–Kier alpha value is -3.44. The molecule has 5 rings (SSSR count). The van der Waals surface area contributed by atoms with Crippen molar-refractivity contribution in [3.63, 3.8) is 0 Å². The fraction of sp³-hybridized carbons (Fsp3) is 0.545. The van der Waals surface area contributed by atoms with Crippen molar-refractivity contribution in [3.05, 3.63) is 47.5 Å². The summed E-state index contributed by atoms with van der Waals surface area (Å²) >= 11 is 0. The number of carbonyl (C=O) groups is 2. The lowest BCUT2D eigenvalue weighted by atomic mass is 9.91. The monoisotopic (exact) mass is 624 g/mol. The highest BCUT2D eigenvalue weighted by Gasteiger charge is 2.29. The van der Waals surface area contributed by atoms with Gasteiger partial charge in [-0.1, -0.05) is 19.6 Å². The van der Waals surface area contributed by atoms with Crippen molar-refractivity contribution < 1.29 is 28.6 Å². The number of aromatic nitrogens is 2. The van der Waals surface area contributed by atoms with Crippen LogP contribution >= 0.6 is 0 Å². The summed E-state index contributed by atoms with van der Waals surface area (Å²) < 4.78 is 29.0. The highest BCUT2D eigenvalue weighted by Crippen LogP contribution is 2.39. The SMILES string of the molecule is Cc1c(C(=O)NC2CCC(NC(=O)O)CC2)c2nccc(-c3cc(F)ccc3OCC3CC3)c2n1CCOCC[Si](C)(C)C. The van der Waals surface area contributed by atoms with E-state index >= 15 is 0 Å². The first-order valence-corrected chi connectivity index (χ1v) is 19.5. The first-order chi connectivity index (χ1) is 21.0. The van der Waals surface area contributed by atoms with Crippen molar-refractivity contribution in [2.75, 3.05) is 19.8 Å². The summed E-state index contributed by atoms with van der Waals surface area (Å²) in [5, 5.41) is 14.8. The summed E-state index contributed by atoms with van der Waals surface area (Å²) in [4.78, 5) is 29.6. The van der Waals surface area contributed by atoms with Crippen LogP contribution < -0.4 is 15.4 Å². The Bertz CT molecular complexity index is 1490. The molecule has 1 aromatic carbocycles. The zero-order valence-electron chi connectivity index (χ0n) is 26.2. The van der Waals surface area contributed by atoms with Gasteiger partial charge in [0.25, 0.3) is 5.91 Å². The number of nitrogens with zero attached hydrogens (tertiary/aromatic N) is 2. The number of amides is 2. The third kappa shape index (κ3) is 7.98. The Morgan fingerprint density at radius 1 is 1.02 bits per heavy atom. The fourth-order valence-electron chi connectivity index (χ4n) is 5.93. The fourth-order valence-corrected chi connectivity index (χ4v) is 6.69. The molecule has 0 aliphatic heterocycles. The van der Waals surface area contributed by atoms with E-state index in [2.05, 4.69) is 34.8 Å². The predicted octanol–water partition coefficient (Wildman–Crippen LogP) is 6.60. The van der Waals surface area contributed by atoms with Gasteiger partial charge in [0.05, 0.1) is 24.3 Å². The smallest absolute Gasteiger partial charge is 0.404 e. The van der Waals surface area contributed by atoms with Gasteiger partial charge in [-0.25, -0.2) is 9.18 Å². The third-order valence-corrected chi connectivity index (χ3v) is 10.4. The van der Waals surface area contributed by atoms with Crippen LogP contribution in [0.4, 0.5) is 9.18 Å². The second-order valence-corrected chi connectivity index (χ2v) is 19.1. The Kier molecular flexibility index (Phi) is 9.94. The molecule has 238 valence electrons. The van der Waals surface area contributed by atoms with Crippen molar-refractivity contribution in [2.24, 2.45) is 5.92 Å². The largest absolute Gasteiger partial charge is 0.493 e. The third-order valence-electron chi connectivity index (χ3n) is 8.67. The lowest BCUT2D eigenvalue weighted by molar-refractivity contribution is 0.0923. The van der Waals surface area contributed by atoms with Gasteiger partial charge in [-0.15, -0.1) is 0 Å². The number of carbonyl (C=O) groups excluding carboxylic acids is 1. The van der Waals surface area contributed by atoms with Gasteiger partial charge < -0.3 is 29.8 Å². The van der Waals surface area contributed by atoms with E-state index < -0.39 is 14.2 Å². The number of hydrogen-bond acceptors (Lipinski definition) is 5. The van der Waals surface area contributed by atoms with E-state index in [-0.39, 0.29) is 23.8 Å². The van der Waals surface area contributed by atoms with Gasteiger partial charge in [-0.2, -0.15) is 0 Å². The summed E-state index contributed by atoms with van der Waals surface area (Å²) in [7, 11) is -1.24. The van der Waals surface area contributed by atoms with Gasteiger partial charge in [0, 0.05) is 56.3 Å². The minimum Gasteiger partial charge on any atom is -0.493 e. The minimum absolute atomic E-state index is 0.0640. The number of fused-ring (bicyclic) bond motifs is 1. The highest BCUT2D eigenvalue weighted by molar-refractivity contribution is 6.76. The molecule has 0 unspecified atom stereocenters. The van der Waals surface area contributed by atoms with Crippen LogP contribution in [0.5, 0.6) is 5.75 Å². The van der Waals surface area contributed by atoms with Crippen molar-refractivity contribution in [1.82, 2.24) is 20.2 Å². The molecule has 3 N–H and O–H groups in total. The Labute approximate surface area is 259 Å². The van der Waals surface area contributed by atoms with Crippen LogP contribution in [0.15, 0.2) is 30.5 Å². The number of pyridine rings is 1. The maximum absolute atomic E-state index is 14.7. The molecule has 9 nitrogen and oxygen atoms in total. The number of hydrogen-bond donors (Lipinski definition) is 3. The highest BCUT2D eigenvalue weighted by atomic mass is 28.3. The van der Waals surface area contributed by atoms with E-state index in [1.807, 2.05) is 13.0 Å². The van der Waals surface area contributed by atoms with Crippen molar-refractivity contribution >= 4 is 31.1 Å². The van der Waals surface area contributed by atoms with E-state index in [1.165, 1.54) is 12.1 Å². The van der Waals surface area contributed by atoms with Gasteiger partial charge in [0.1, 0.15) is 17.1 Å². The molecule has 2 aliphatic rings. The van der Waals surface area contributed by atoms with E-state index in [4.69, 9.17) is 19.6 Å². The molecule has 44 heavy (non-hydrogen) atoms. The summed E-state index contributed by atoms with van der Waals surface area (Å²) in [5.74, 6) is 0.573. The standard InChI is InChI=1S/C33H45FN4O5Si/c1-21-29(32(39)36-24-8-10-25(11-9-24)37-33(40)41)30-31(38(21)15-16-42-17-18-44(2,3)4)26(13-14-35-30)27-19-23(34)7-12-28(27)43-20-22-5-6-22/h7,12-14,19,22,24-25,37H,5-6,8-11,15-18,20H2,1-4H3,(H,36,39)(H,40,41). The molecule has 2 aliphatic carbocycles. The zero-order chi connectivity index (χ0) is 31.4. The lowest BCUT2D eigenvalue weighted by Gasteiger charge is -2.28. The van der Waals surface area contributed by atoms with Crippen molar-refractivity contribution in [2.45, 2.75) is 89.8 Å². The van der Waals surface area contributed by atoms with Gasteiger partial charge in [0.15, 0.2) is 0 Å². The summed E-state index contributed by atoms with van der Waals surface area (Å²) in [5.41, 5.74) is 3.95. The molecule has 11 heteroatoms. The topological polar surface area (TPSA) is 115 Å². The van der Waals surface area contributed by atoms with Gasteiger partial charge in [0.2, 0.25) is 0 Å². The Morgan fingerprint density at radius 3 is 2.39 bits per heavy atom.